The summed E-state index contributed by atoms with van der Waals surface area (Å²) in [5.74, 6) is 0.0127. The number of hydrogen-bond acceptors (Lipinski definition) is 3. The van der Waals surface area contributed by atoms with Gasteiger partial charge >= 0.3 is 0 Å². The molecular formula is C10H19N3O2. The normalized spacial score (nSPS) is 20.9. The molecule has 15 heavy (non-hydrogen) atoms. The van der Waals surface area contributed by atoms with Gasteiger partial charge in [-0.25, -0.2) is 0 Å². The second-order valence-corrected chi connectivity index (χ2v) is 3.85. The molecule has 1 fully saturated rings. The van der Waals surface area contributed by atoms with E-state index in [1.54, 1.807) is 11.9 Å². The van der Waals surface area contributed by atoms with E-state index in [2.05, 4.69) is 17.6 Å². The van der Waals surface area contributed by atoms with E-state index in [9.17, 15) is 9.59 Å². The number of hydrogen-bond donors (Lipinski definition) is 2. The quantitative estimate of drug-likeness (QED) is 0.651. The van der Waals surface area contributed by atoms with Crippen LogP contribution in [0.1, 0.15) is 19.8 Å². The lowest BCUT2D eigenvalue weighted by Gasteiger charge is -2.27. The van der Waals surface area contributed by atoms with Crippen LogP contribution in [0.25, 0.3) is 0 Å². The number of unbranched alkanes of at least 4 members (excludes halogenated alkanes) is 1. The number of carbonyl (C=O) groups excluding carboxylic acids is 2. The molecule has 0 bridgehead atoms. The molecule has 1 aliphatic heterocycles. The minimum Gasteiger partial charge on any atom is -0.353 e. The predicted octanol–water partition coefficient (Wildman–Crippen LogP) is -0.667. The van der Waals surface area contributed by atoms with Gasteiger partial charge in [0, 0.05) is 20.1 Å². The maximum atomic E-state index is 11.8. The van der Waals surface area contributed by atoms with Gasteiger partial charge in [-0.2, -0.15) is 0 Å². The summed E-state index contributed by atoms with van der Waals surface area (Å²) < 4.78 is 0. The van der Waals surface area contributed by atoms with Gasteiger partial charge in [0.05, 0.1) is 6.54 Å². The first-order valence-electron chi connectivity index (χ1n) is 5.40. The molecule has 1 rings (SSSR count). The Morgan fingerprint density at radius 1 is 1.60 bits per heavy atom. The standard InChI is InChI=1S/C10H19N3O2/c1-3-4-5-13(2)10(15)8-6-12-9(14)7-11-8/h8,11H,3-7H2,1-2H3,(H,12,14). The maximum absolute atomic E-state index is 11.8. The summed E-state index contributed by atoms with van der Waals surface area (Å²) in [6, 6.07) is -0.260. The highest BCUT2D eigenvalue weighted by atomic mass is 16.2. The molecule has 0 aromatic carbocycles. The van der Waals surface area contributed by atoms with Gasteiger partial charge in [0.25, 0.3) is 0 Å². The van der Waals surface area contributed by atoms with Gasteiger partial charge in [-0.05, 0) is 6.42 Å². The van der Waals surface area contributed by atoms with Gasteiger partial charge in [0.2, 0.25) is 11.8 Å². The molecular weight excluding hydrogens is 194 g/mol. The number of nitrogens with one attached hydrogen (secondary N) is 2. The minimum absolute atomic E-state index is 0.0461. The van der Waals surface area contributed by atoms with E-state index in [1.165, 1.54) is 0 Å². The molecule has 1 aliphatic rings. The Morgan fingerprint density at radius 2 is 2.33 bits per heavy atom. The highest BCUT2D eigenvalue weighted by molar-refractivity contribution is 5.86. The summed E-state index contributed by atoms with van der Waals surface area (Å²) in [5, 5.41) is 5.60. The minimum atomic E-state index is -0.260. The van der Waals surface area contributed by atoms with Crippen molar-refractivity contribution in [1.82, 2.24) is 15.5 Å². The van der Waals surface area contributed by atoms with Gasteiger partial charge in [0.15, 0.2) is 0 Å². The zero-order valence-corrected chi connectivity index (χ0v) is 9.38. The fraction of sp³-hybridized carbons (Fsp3) is 0.800. The molecule has 1 unspecified atom stereocenters. The monoisotopic (exact) mass is 213 g/mol. The Labute approximate surface area is 90.2 Å². The number of nitrogens with zero attached hydrogens (tertiary/aromatic N) is 1. The van der Waals surface area contributed by atoms with Crippen molar-refractivity contribution in [2.45, 2.75) is 25.8 Å². The largest absolute Gasteiger partial charge is 0.353 e. The predicted molar refractivity (Wildman–Crippen MR) is 57.3 cm³/mol. The Bertz CT molecular complexity index is 233. The lowest BCUT2D eigenvalue weighted by Crippen LogP contribution is -2.58. The molecule has 0 spiro atoms. The summed E-state index contributed by atoms with van der Waals surface area (Å²) in [6.45, 7) is 3.50. The third-order valence-corrected chi connectivity index (χ3v) is 2.53. The summed E-state index contributed by atoms with van der Waals surface area (Å²) in [7, 11) is 1.80. The van der Waals surface area contributed by atoms with Crippen LogP contribution in [0.3, 0.4) is 0 Å². The van der Waals surface area contributed by atoms with Crippen LogP contribution < -0.4 is 10.6 Å². The van der Waals surface area contributed by atoms with Crippen molar-refractivity contribution in [1.29, 1.82) is 0 Å². The average molecular weight is 213 g/mol. The van der Waals surface area contributed by atoms with Crippen molar-refractivity contribution >= 4 is 11.8 Å². The fourth-order valence-electron chi connectivity index (χ4n) is 1.51. The summed E-state index contributed by atoms with van der Waals surface area (Å²) >= 11 is 0. The highest BCUT2D eigenvalue weighted by Gasteiger charge is 2.25. The topological polar surface area (TPSA) is 61.4 Å². The van der Waals surface area contributed by atoms with Gasteiger partial charge in [-0.1, -0.05) is 13.3 Å². The molecule has 1 atom stereocenters. The van der Waals surface area contributed by atoms with Crippen LogP contribution in [0, 0.1) is 0 Å². The van der Waals surface area contributed by atoms with Crippen LogP contribution >= 0.6 is 0 Å². The van der Waals surface area contributed by atoms with E-state index in [-0.39, 0.29) is 24.4 Å². The molecule has 5 heteroatoms. The maximum Gasteiger partial charge on any atom is 0.241 e. The Kier molecular flexibility index (Phi) is 4.55. The first-order valence-corrected chi connectivity index (χ1v) is 5.40. The van der Waals surface area contributed by atoms with Crippen LogP contribution in [-0.4, -0.2) is 49.4 Å². The first-order chi connectivity index (χ1) is 7.15. The van der Waals surface area contributed by atoms with E-state index in [4.69, 9.17) is 0 Å². The molecule has 0 saturated carbocycles. The van der Waals surface area contributed by atoms with E-state index >= 15 is 0 Å². The summed E-state index contributed by atoms with van der Waals surface area (Å²) in [4.78, 5) is 24.4. The molecule has 1 heterocycles. The highest BCUT2D eigenvalue weighted by Crippen LogP contribution is 1.98. The van der Waals surface area contributed by atoms with Crippen molar-refractivity contribution in [2.75, 3.05) is 26.7 Å². The molecule has 86 valence electrons. The summed E-state index contributed by atoms with van der Waals surface area (Å²) in [6.07, 6.45) is 2.09. The van der Waals surface area contributed by atoms with Crippen molar-refractivity contribution in [3.8, 4) is 0 Å². The second-order valence-electron chi connectivity index (χ2n) is 3.85. The van der Waals surface area contributed by atoms with Crippen LogP contribution in [0.4, 0.5) is 0 Å². The molecule has 2 N–H and O–H groups in total. The van der Waals surface area contributed by atoms with Gasteiger partial charge < -0.3 is 10.2 Å². The SMILES string of the molecule is CCCCN(C)C(=O)C1CNC(=O)CN1. The zero-order valence-electron chi connectivity index (χ0n) is 9.38. The van der Waals surface area contributed by atoms with Crippen molar-refractivity contribution in [3.05, 3.63) is 0 Å². The number of amides is 2. The first kappa shape index (κ1) is 12.0. The molecule has 2 amide bonds. The van der Waals surface area contributed by atoms with Gasteiger partial charge in [-0.3, -0.25) is 14.9 Å². The number of carbonyl (C=O) groups is 2. The zero-order chi connectivity index (χ0) is 11.3. The van der Waals surface area contributed by atoms with Crippen molar-refractivity contribution in [3.63, 3.8) is 0 Å². The summed E-state index contributed by atoms with van der Waals surface area (Å²) in [5.41, 5.74) is 0. The molecule has 0 aromatic heterocycles. The van der Waals surface area contributed by atoms with Crippen LogP contribution in [-0.2, 0) is 9.59 Å². The average Bonchev–Trinajstić information content (AvgIpc) is 2.26. The number of rotatable bonds is 4. The smallest absolute Gasteiger partial charge is 0.241 e. The van der Waals surface area contributed by atoms with Crippen molar-refractivity contribution in [2.24, 2.45) is 0 Å². The number of likely N-dealkylation sites (N-methyl/N-ethyl adjacent to an activating group) is 1. The molecule has 0 aliphatic carbocycles. The molecule has 1 saturated heterocycles. The third-order valence-electron chi connectivity index (χ3n) is 2.53. The van der Waals surface area contributed by atoms with Gasteiger partial charge in [0.1, 0.15) is 6.04 Å². The third kappa shape index (κ3) is 3.51. The van der Waals surface area contributed by atoms with E-state index in [0.29, 0.717) is 6.54 Å². The molecule has 0 aromatic rings. The van der Waals surface area contributed by atoms with Crippen LogP contribution in [0.5, 0.6) is 0 Å². The van der Waals surface area contributed by atoms with Crippen molar-refractivity contribution < 1.29 is 9.59 Å². The Balaban J connectivity index is 2.35. The van der Waals surface area contributed by atoms with E-state index in [1.807, 2.05) is 0 Å². The Morgan fingerprint density at radius 3 is 2.87 bits per heavy atom. The Hall–Kier alpha value is -1.10. The van der Waals surface area contributed by atoms with E-state index < -0.39 is 0 Å². The van der Waals surface area contributed by atoms with Crippen LogP contribution in [0.15, 0.2) is 0 Å². The number of piperazine rings is 1. The molecule has 0 radical (unpaired) electrons. The second kappa shape index (κ2) is 5.70. The van der Waals surface area contributed by atoms with Crippen LogP contribution in [0.2, 0.25) is 0 Å². The molecule has 5 nitrogen and oxygen atoms in total. The fourth-order valence-corrected chi connectivity index (χ4v) is 1.51. The lowest BCUT2D eigenvalue weighted by molar-refractivity contribution is -0.133. The lowest BCUT2D eigenvalue weighted by atomic mass is 10.2. The van der Waals surface area contributed by atoms with E-state index in [0.717, 1.165) is 19.4 Å². The van der Waals surface area contributed by atoms with Gasteiger partial charge in [-0.15, -0.1) is 0 Å².